The number of aryl methyl sites for hydroxylation is 1. The largest absolute Gasteiger partial charge is 0.370 e. The molecular formula is C15H22F2IN3. The molecule has 1 fully saturated rings. The van der Waals surface area contributed by atoms with Gasteiger partial charge in [-0.25, -0.2) is 8.78 Å². The number of nitrogens with two attached hydrogens (primary N) is 1. The first-order valence-electron chi connectivity index (χ1n) is 7.12. The van der Waals surface area contributed by atoms with Crippen LogP contribution in [0.3, 0.4) is 0 Å². The van der Waals surface area contributed by atoms with Crippen molar-refractivity contribution in [2.24, 2.45) is 16.6 Å². The molecule has 3 N–H and O–H groups in total. The summed E-state index contributed by atoms with van der Waals surface area (Å²) < 4.78 is 26.0. The molecule has 0 amide bonds. The molecule has 0 radical (unpaired) electrons. The van der Waals surface area contributed by atoms with Gasteiger partial charge in [-0.1, -0.05) is 6.42 Å². The second-order valence-corrected chi connectivity index (χ2v) is 5.33. The number of hydrogen-bond acceptors (Lipinski definition) is 1. The van der Waals surface area contributed by atoms with E-state index >= 15 is 0 Å². The molecule has 118 valence electrons. The number of hydrogen-bond donors (Lipinski definition) is 2. The van der Waals surface area contributed by atoms with Crippen LogP contribution in [0.25, 0.3) is 0 Å². The van der Waals surface area contributed by atoms with Gasteiger partial charge in [0.25, 0.3) is 0 Å². The molecular weight excluding hydrogens is 387 g/mol. The second kappa shape index (κ2) is 9.17. The van der Waals surface area contributed by atoms with E-state index in [1.807, 2.05) is 0 Å². The van der Waals surface area contributed by atoms with E-state index in [1.165, 1.54) is 31.4 Å². The minimum absolute atomic E-state index is 0. The van der Waals surface area contributed by atoms with Gasteiger partial charge in [0.1, 0.15) is 11.6 Å². The molecule has 0 aliphatic heterocycles. The van der Waals surface area contributed by atoms with Crippen molar-refractivity contribution in [2.45, 2.75) is 32.1 Å². The van der Waals surface area contributed by atoms with Gasteiger partial charge < -0.3 is 11.1 Å². The quantitative estimate of drug-likeness (QED) is 0.328. The fourth-order valence-corrected chi connectivity index (χ4v) is 2.22. The molecule has 0 aromatic heterocycles. The fourth-order valence-electron chi connectivity index (χ4n) is 2.22. The number of nitrogens with one attached hydrogen (secondary N) is 1. The normalized spacial score (nSPS) is 15.2. The molecule has 6 heteroatoms. The minimum atomic E-state index is -0.533. The molecule has 21 heavy (non-hydrogen) atoms. The van der Waals surface area contributed by atoms with Gasteiger partial charge in [-0.05, 0) is 49.3 Å². The number of halogens is 3. The van der Waals surface area contributed by atoms with E-state index in [1.54, 1.807) is 0 Å². The molecule has 1 aromatic rings. The minimum Gasteiger partial charge on any atom is -0.370 e. The Labute approximate surface area is 141 Å². The Balaban J connectivity index is 0.00000220. The first-order valence-corrected chi connectivity index (χ1v) is 7.12. The summed E-state index contributed by atoms with van der Waals surface area (Å²) in [6.07, 6.45) is 5.17. The lowest BCUT2D eigenvalue weighted by molar-refractivity contribution is 0.326. The summed E-state index contributed by atoms with van der Waals surface area (Å²) in [5.41, 5.74) is 6.41. The zero-order valence-corrected chi connectivity index (χ0v) is 14.3. The zero-order chi connectivity index (χ0) is 14.4. The standard InChI is InChI=1S/C15H21F2N3.HI/c16-13-7-12(8-14(17)9-13)5-2-6-19-15(18)20-10-11-3-1-4-11;/h7-9,11H,1-6,10H2,(H3,18,19,20);1H. The fraction of sp³-hybridized carbons (Fsp3) is 0.533. The molecule has 1 aromatic carbocycles. The van der Waals surface area contributed by atoms with E-state index in [0.717, 1.165) is 19.0 Å². The lowest BCUT2D eigenvalue weighted by atomic mass is 9.86. The van der Waals surface area contributed by atoms with Crippen molar-refractivity contribution in [1.29, 1.82) is 0 Å². The van der Waals surface area contributed by atoms with Crippen molar-refractivity contribution >= 4 is 29.9 Å². The van der Waals surface area contributed by atoms with Gasteiger partial charge in [-0.15, -0.1) is 24.0 Å². The number of rotatable bonds is 6. The summed E-state index contributed by atoms with van der Waals surface area (Å²) in [6, 6.07) is 3.60. The molecule has 0 bridgehead atoms. The van der Waals surface area contributed by atoms with Gasteiger partial charge >= 0.3 is 0 Å². The van der Waals surface area contributed by atoms with Gasteiger partial charge in [0.05, 0.1) is 0 Å². The Hall–Kier alpha value is -0.920. The van der Waals surface area contributed by atoms with Crippen molar-refractivity contribution in [3.05, 3.63) is 35.4 Å². The Bertz CT molecular complexity index is 456. The average Bonchev–Trinajstić information content (AvgIpc) is 2.31. The molecule has 0 unspecified atom stereocenters. The summed E-state index contributed by atoms with van der Waals surface area (Å²) in [5, 5.41) is 3.03. The number of aliphatic imine (C=N–C) groups is 1. The average molecular weight is 409 g/mol. The third kappa shape index (κ3) is 6.58. The summed E-state index contributed by atoms with van der Waals surface area (Å²) in [4.78, 5) is 4.28. The number of nitrogens with zero attached hydrogens (tertiary/aromatic N) is 1. The van der Waals surface area contributed by atoms with Crippen molar-refractivity contribution < 1.29 is 8.78 Å². The molecule has 0 spiro atoms. The van der Waals surface area contributed by atoms with E-state index < -0.39 is 11.6 Å². The Morgan fingerprint density at radius 3 is 2.48 bits per heavy atom. The lowest BCUT2D eigenvalue weighted by Crippen LogP contribution is -2.33. The monoisotopic (exact) mass is 409 g/mol. The molecule has 1 aliphatic rings. The Morgan fingerprint density at radius 1 is 1.24 bits per heavy atom. The van der Waals surface area contributed by atoms with Crippen LogP contribution in [-0.4, -0.2) is 19.0 Å². The van der Waals surface area contributed by atoms with Crippen LogP contribution in [0.4, 0.5) is 8.78 Å². The van der Waals surface area contributed by atoms with Gasteiger partial charge in [0.15, 0.2) is 5.96 Å². The summed E-state index contributed by atoms with van der Waals surface area (Å²) in [6.45, 7) is 1.45. The number of guanidine groups is 1. The smallest absolute Gasteiger partial charge is 0.188 e. The highest BCUT2D eigenvalue weighted by Gasteiger charge is 2.16. The topological polar surface area (TPSA) is 50.4 Å². The first-order chi connectivity index (χ1) is 9.63. The van der Waals surface area contributed by atoms with Crippen LogP contribution in [0.5, 0.6) is 0 Å². The lowest BCUT2D eigenvalue weighted by Gasteiger charge is -2.23. The second-order valence-electron chi connectivity index (χ2n) is 5.33. The molecule has 3 nitrogen and oxygen atoms in total. The molecule has 2 rings (SSSR count). The summed E-state index contributed by atoms with van der Waals surface area (Å²) >= 11 is 0. The predicted molar refractivity (Wildman–Crippen MR) is 91.9 cm³/mol. The van der Waals surface area contributed by atoms with E-state index in [2.05, 4.69) is 10.3 Å². The summed E-state index contributed by atoms with van der Waals surface area (Å²) in [7, 11) is 0. The van der Waals surface area contributed by atoms with E-state index in [-0.39, 0.29) is 24.0 Å². The highest BCUT2D eigenvalue weighted by atomic mass is 127. The van der Waals surface area contributed by atoms with Crippen molar-refractivity contribution in [2.75, 3.05) is 13.1 Å². The third-order valence-electron chi connectivity index (χ3n) is 3.62. The summed E-state index contributed by atoms with van der Waals surface area (Å²) in [5.74, 6) is 0.0945. The molecule has 0 heterocycles. The third-order valence-corrected chi connectivity index (χ3v) is 3.62. The van der Waals surface area contributed by atoms with Crippen molar-refractivity contribution in [1.82, 2.24) is 5.32 Å². The van der Waals surface area contributed by atoms with E-state index in [4.69, 9.17) is 5.73 Å². The maximum absolute atomic E-state index is 13.0. The van der Waals surface area contributed by atoms with Crippen LogP contribution < -0.4 is 11.1 Å². The molecule has 0 saturated heterocycles. The molecule has 1 saturated carbocycles. The van der Waals surface area contributed by atoms with Gasteiger partial charge in [-0.2, -0.15) is 0 Å². The van der Waals surface area contributed by atoms with Crippen LogP contribution in [0.15, 0.2) is 23.2 Å². The predicted octanol–water partition coefficient (Wildman–Crippen LogP) is 3.22. The van der Waals surface area contributed by atoms with E-state index in [9.17, 15) is 8.78 Å². The highest BCUT2D eigenvalue weighted by molar-refractivity contribution is 14.0. The van der Waals surface area contributed by atoms with Crippen LogP contribution in [0.1, 0.15) is 31.2 Å². The highest BCUT2D eigenvalue weighted by Crippen LogP contribution is 2.26. The van der Waals surface area contributed by atoms with Crippen LogP contribution >= 0.6 is 24.0 Å². The Morgan fingerprint density at radius 2 is 1.90 bits per heavy atom. The Kier molecular flexibility index (Phi) is 7.92. The maximum Gasteiger partial charge on any atom is 0.188 e. The van der Waals surface area contributed by atoms with Crippen molar-refractivity contribution in [3.63, 3.8) is 0 Å². The SMILES string of the molecule is I.NC(=NCC1CCC1)NCCCc1cc(F)cc(F)c1. The van der Waals surface area contributed by atoms with Gasteiger partial charge in [0, 0.05) is 19.2 Å². The van der Waals surface area contributed by atoms with E-state index in [0.29, 0.717) is 30.4 Å². The molecule has 0 atom stereocenters. The van der Waals surface area contributed by atoms with Crippen LogP contribution in [0, 0.1) is 17.6 Å². The van der Waals surface area contributed by atoms with Gasteiger partial charge in [0.2, 0.25) is 0 Å². The van der Waals surface area contributed by atoms with Crippen LogP contribution in [-0.2, 0) is 6.42 Å². The zero-order valence-electron chi connectivity index (χ0n) is 11.9. The van der Waals surface area contributed by atoms with Crippen LogP contribution in [0.2, 0.25) is 0 Å². The maximum atomic E-state index is 13.0. The first kappa shape index (κ1) is 18.1. The van der Waals surface area contributed by atoms with Gasteiger partial charge in [-0.3, -0.25) is 4.99 Å². The van der Waals surface area contributed by atoms with Crippen molar-refractivity contribution in [3.8, 4) is 0 Å². The number of benzene rings is 1. The molecule has 1 aliphatic carbocycles.